The Balaban J connectivity index is 1.79. The van der Waals surface area contributed by atoms with Gasteiger partial charge >= 0.3 is 0 Å². The fourth-order valence-corrected chi connectivity index (χ4v) is 2.47. The van der Waals surface area contributed by atoms with E-state index in [2.05, 4.69) is 48.5 Å². The summed E-state index contributed by atoms with van der Waals surface area (Å²) in [5, 5.41) is 8.23. The molecule has 1 aliphatic carbocycles. The molecule has 1 aromatic carbocycles. The van der Waals surface area contributed by atoms with Gasteiger partial charge in [0.2, 0.25) is 0 Å². The zero-order chi connectivity index (χ0) is 13.2. The van der Waals surface area contributed by atoms with E-state index in [9.17, 15) is 0 Å². The van der Waals surface area contributed by atoms with E-state index < -0.39 is 0 Å². The Labute approximate surface area is 114 Å². The quantitative estimate of drug-likeness (QED) is 0.890. The van der Waals surface area contributed by atoms with Gasteiger partial charge in [0.1, 0.15) is 0 Å². The number of hydrogen-bond donors (Lipinski definition) is 1. The van der Waals surface area contributed by atoms with Gasteiger partial charge in [-0.15, -0.1) is 0 Å². The number of benzene rings is 1. The van der Waals surface area contributed by atoms with Gasteiger partial charge in [0.25, 0.3) is 0 Å². The lowest BCUT2D eigenvalue weighted by molar-refractivity contribution is 0.635. The van der Waals surface area contributed by atoms with Gasteiger partial charge in [-0.1, -0.05) is 18.2 Å². The minimum atomic E-state index is 0.921. The van der Waals surface area contributed by atoms with Crippen molar-refractivity contribution >= 4 is 0 Å². The van der Waals surface area contributed by atoms with Crippen LogP contribution in [0, 0.1) is 19.8 Å². The van der Waals surface area contributed by atoms with E-state index in [0.29, 0.717) is 0 Å². The maximum atomic E-state index is 4.67. The predicted molar refractivity (Wildman–Crippen MR) is 77.5 cm³/mol. The first-order chi connectivity index (χ1) is 9.25. The van der Waals surface area contributed by atoms with Crippen LogP contribution in [0.3, 0.4) is 0 Å². The second-order valence-electron chi connectivity index (χ2n) is 5.47. The SMILES string of the molecule is Cc1nn(-c2ccccc2)c(C)c1CNCC1CC1. The number of aryl methyl sites for hydroxylation is 1. The van der Waals surface area contributed by atoms with Gasteiger partial charge in [-0.2, -0.15) is 5.10 Å². The monoisotopic (exact) mass is 255 g/mol. The third-order valence-electron chi connectivity index (χ3n) is 3.87. The van der Waals surface area contributed by atoms with Crippen molar-refractivity contribution in [3.8, 4) is 5.69 Å². The van der Waals surface area contributed by atoms with Crippen LogP contribution in [0.2, 0.25) is 0 Å². The molecule has 0 radical (unpaired) electrons. The van der Waals surface area contributed by atoms with Crippen LogP contribution in [0.15, 0.2) is 30.3 Å². The standard InChI is InChI=1S/C16H21N3/c1-12-16(11-17-10-14-8-9-14)13(2)19(18-12)15-6-4-3-5-7-15/h3-7,14,17H,8-11H2,1-2H3. The Kier molecular flexibility index (Phi) is 3.38. The topological polar surface area (TPSA) is 29.9 Å². The van der Waals surface area contributed by atoms with E-state index in [4.69, 9.17) is 0 Å². The molecule has 0 aliphatic heterocycles. The van der Waals surface area contributed by atoms with Crippen LogP contribution in [-0.2, 0) is 6.54 Å². The summed E-state index contributed by atoms with van der Waals surface area (Å²) >= 11 is 0. The molecular formula is C16H21N3. The molecule has 3 heteroatoms. The molecule has 0 unspecified atom stereocenters. The average molecular weight is 255 g/mol. The van der Waals surface area contributed by atoms with Crippen LogP contribution < -0.4 is 5.32 Å². The highest BCUT2D eigenvalue weighted by Crippen LogP contribution is 2.27. The van der Waals surface area contributed by atoms with E-state index in [1.165, 1.54) is 24.1 Å². The molecule has 0 atom stereocenters. The summed E-state index contributed by atoms with van der Waals surface area (Å²) in [6.07, 6.45) is 2.79. The Morgan fingerprint density at radius 3 is 2.63 bits per heavy atom. The Morgan fingerprint density at radius 2 is 1.95 bits per heavy atom. The average Bonchev–Trinajstić information content (AvgIpc) is 3.20. The van der Waals surface area contributed by atoms with Crippen LogP contribution in [0.5, 0.6) is 0 Å². The minimum Gasteiger partial charge on any atom is -0.312 e. The fraction of sp³-hybridized carbons (Fsp3) is 0.438. The Bertz CT molecular complexity index is 553. The molecule has 0 saturated heterocycles. The lowest BCUT2D eigenvalue weighted by Crippen LogP contribution is -2.17. The molecule has 1 fully saturated rings. The van der Waals surface area contributed by atoms with E-state index in [1.807, 2.05) is 10.7 Å². The van der Waals surface area contributed by atoms with Gasteiger partial charge in [-0.25, -0.2) is 4.68 Å². The number of aromatic nitrogens is 2. The van der Waals surface area contributed by atoms with Crippen LogP contribution in [-0.4, -0.2) is 16.3 Å². The molecule has 2 aromatic rings. The number of rotatable bonds is 5. The maximum Gasteiger partial charge on any atom is 0.0648 e. The van der Waals surface area contributed by atoms with Gasteiger partial charge in [0, 0.05) is 17.8 Å². The summed E-state index contributed by atoms with van der Waals surface area (Å²) in [4.78, 5) is 0. The third-order valence-corrected chi connectivity index (χ3v) is 3.87. The summed E-state index contributed by atoms with van der Waals surface area (Å²) < 4.78 is 2.05. The predicted octanol–water partition coefficient (Wildman–Crippen LogP) is 2.99. The largest absolute Gasteiger partial charge is 0.312 e. The molecule has 0 bridgehead atoms. The number of para-hydroxylation sites is 1. The van der Waals surface area contributed by atoms with Crippen molar-refractivity contribution in [1.29, 1.82) is 0 Å². The second kappa shape index (κ2) is 5.17. The molecule has 0 amide bonds. The summed E-state index contributed by atoms with van der Waals surface area (Å²) in [5.74, 6) is 0.921. The minimum absolute atomic E-state index is 0.921. The van der Waals surface area contributed by atoms with Gasteiger partial charge in [0.05, 0.1) is 11.4 Å². The van der Waals surface area contributed by atoms with E-state index in [-0.39, 0.29) is 0 Å². The van der Waals surface area contributed by atoms with Crippen molar-refractivity contribution in [2.75, 3.05) is 6.54 Å². The second-order valence-corrected chi connectivity index (χ2v) is 5.47. The highest BCUT2D eigenvalue weighted by atomic mass is 15.3. The summed E-state index contributed by atoms with van der Waals surface area (Å²) in [6.45, 7) is 6.33. The lowest BCUT2D eigenvalue weighted by Gasteiger charge is -2.06. The first kappa shape index (κ1) is 12.4. The Hall–Kier alpha value is -1.61. The van der Waals surface area contributed by atoms with Crippen molar-refractivity contribution in [2.24, 2.45) is 5.92 Å². The zero-order valence-corrected chi connectivity index (χ0v) is 11.7. The van der Waals surface area contributed by atoms with Crippen molar-refractivity contribution in [3.05, 3.63) is 47.3 Å². The molecular weight excluding hydrogens is 234 g/mol. The molecule has 0 spiro atoms. The van der Waals surface area contributed by atoms with Crippen LogP contribution >= 0.6 is 0 Å². The molecule has 1 aliphatic rings. The van der Waals surface area contributed by atoms with E-state index >= 15 is 0 Å². The Morgan fingerprint density at radius 1 is 1.21 bits per heavy atom. The van der Waals surface area contributed by atoms with E-state index in [1.54, 1.807) is 0 Å². The molecule has 1 N–H and O–H groups in total. The van der Waals surface area contributed by atoms with Crippen LogP contribution in [0.1, 0.15) is 29.8 Å². The van der Waals surface area contributed by atoms with Gasteiger partial charge < -0.3 is 5.32 Å². The normalized spacial score (nSPS) is 14.8. The van der Waals surface area contributed by atoms with Crippen molar-refractivity contribution < 1.29 is 0 Å². The molecule has 100 valence electrons. The van der Waals surface area contributed by atoms with E-state index in [0.717, 1.165) is 30.4 Å². The molecule has 3 nitrogen and oxygen atoms in total. The zero-order valence-electron chi connectivity index (χ0n) is 11.7. The van der Waals surface area contributed by atoms with Crippen molar-refractivity contribution in [3.63, 3.8) is 0 Å². The molecule has 1 aromatic heterocycles. The third kappa shape index (κ3) is 2.71. The maximum absolute atomic E-state index is 4.67. The fourth-order valence-electron chi connectivity index (χ4n) is 2.47. The highest BCUT2D eigenvalue weighted by molar-refractivity contribution is 5.36. The molecule has 19 heavy (non-hydrogen) atoms. The number of nitrogens with one attached hydrogen (secondary N) is 1. The summed E-state index contributed by atoms with van der Waals surface area (Å²) in [5.41, 5.74) is 4.85. The highest BCUT2D eigenvalue weighted by Gasteiger charge is 2.21. The molecule has 1 saturated carbocycles. The van der Waals surface area contributed by atoms with Crippen LogP contribution in [0.25, 0.3) is 5.69 Å². The first-order valence-electron chi connectivity index (χ1n) is 7.07. The van der Waals surface area contributed by atoms with Gasteiger partial charge in [-0.3, -0.25) is 0 Å². The number of nitrogens with zero attached hydrogens (tertiary/aromatic N) is 2. The molecule has 1 heterocycles. The van der Waals surface area contributed by atoms with Crippen molar-refractivity contribution in [2.45, 2.75) is 33.2 Å². The smallest absolute Gasteiger partial charge is 0.0648 e. The summed E-state index contributed by atoms with van der Waals surface area (Å²) in [7, 11) is 0. The lowest BCUT2D eigenvalue weighted by atomic mass is 10.2. The number of hydrogen-bond acceptors (Lipinski definition) is 2. The van der Waals surface area contributed by atoms with Gasteiger partial charge in [0.15, 0.2) is 0 Å². The first-order valence-corrected chi connectivity index (χ1v) is 7.07. The summed E-state index contributed by atoms with van der Waals surface area (Å²) in [6, 6.07) is 10.3. The van der Waals surface area contributed by atoms with Crippen molar-refractivity contribution in [1.82, 2.24) is 15.1 Å². The molecule has 3 rings (SSSR count). The van der Waals surface area contributed by atoms with Gasteiger partial charge in [-0.05, 0) is 51.3 Å². The van der Waals surface area contributed by atoms with Crippen LogP contribution in [0.4, 0.5) is 0 Å².